The molecule has 2 N–H and O–H groups in total. The Morgan fingerprint density at radius 3 is 3.06 bits per heavy atom. The smallest absolute Gasteiger partial charge is 0.326 e. The Kier molecular flexibility index (Phi) is 5.27. The number of aliphatic carboxylic acids is 1. The number of azide groups is 1. The third kappa shape index (κ3) is 3.82. The van der Waals surface area contributed by atoms with Gasteiger partial charge in [0.2, 0.25) is 0 Å². The molecule has 0 saturated carbocycles. The molecular weight excluding hydrogens is 296 g/mol. The van der Waals surface area contributed by atoms with Gasteiger partial charge in [-0.3, -0.25) is 10.1 Å². The number of carbonyl (C=O) groups is 1. The van der Waals surface area contributed by atoms with E-state index in [2.05, 4.69) is 31.3 Å². The molecule has 8 heteroatoms. The summed E-state index contributed by atoms with van der Waals surface area (Å²) in [4.78, 5) is 14.3. The monoisotopic (exact) mass is 304 g/mol. The van der Waals surface area contributed by atoms with Crippen molar-refractivity contribution in [3.8, 4) is 0 Å². The quantitative estimate of drug-likeness (QED) is 0.365. The molecule has 0 amide bonds. The van der Waals surface area contributed by atoms with Gasteiger partial charge >= 0.3 is 5.97 Å². The van der Waals surface area contributed by atoms with Crippen molar-refractivity contribution in [3.63, 3.8) is 0 Å². The van der Waals surface area contributed by atoms with Gasteiger partial charge in [0.15, 0.2) is 0 Å². The molecule has 1 heterocycles. The van der Waals surface area contributed by atoms with Gasteiger partial charge in [-0.1, -0.05) is 5.11 Å². The van der Waals surface area contributed by atoms with Crippen molar-refractivity contribution < 1.29 is 9.90 Å². The summed E-state index contributed by atoms with van der Waals surface area (Å²) >= 11 is 4.62. The van der Waals surface area contributed by atoms with Crippen LogP contribution in [0.25, 0.3) is 10.4 Å². The Morgan fingerprint density at radius 2 is 2.56 bits per heavy atom. The molecule has 1 aromatic heterocycles. The normalized spacial score (nSPS) is 11.8. The van der Waals surface area contributed by atoms with Crippen molar-refractivity contribution in [1.82, 2.24) is 5.32 Å². The van der Waals surface area contributed by atoms with E-state index >= 15 is 0 Å². The van der Waals surface area contributed by atoms with E-state index in [-0.39, 0.29) is 6.54 Å². The standard InChI is InChI=1S/C8H9BrN4O2S/c9-5-3-6(16-4-5)7(8(14)15)11-1-2-12-13-10/h3-4,7,11H,1-2H2,(H,14,15). The Labute approximate surface area is 104 Å². The van der Waals surface area contributed by atoms with E-state index < -0.39 is 12.0 Å². The molecule has 86 valence electrons. The zero-order valence-electron chi connectivity index (χ0n) is 8.13. The van der Waals surface area contributed by atoms with Crippen LogP contribution in [0.3, 0.4) is 0 Å². The number of halogens is 1. The van der Waals surface area contributed by atoms with Crippen LogP contribution in [-0.4, -0.2) is 24.2 Å². The summed E-state index contributed by atoms with van der Waals surface area (Å²) in [5.74, 6) is -0.949. The molecule has 1 atom stereocenters. The Hall–Kier alpha value is -1.08. The van der Waals surface area contributed by atoms with Crippen molar-refractivity contribution in [2.24, 2.45) is 5.11 Å². The summed E-state index contributed by atoms with van der Waals surface area (Å²) in [6, 6.07) is 0.995. The van der Waals surface area contributed by atoms with Gasteiger partial charge in [0.25, 0.3) is 0 Å². The first-order valence-electron chi connectivity index (χ1n) is 4.36. The number of thiophene rings is 1. The van der Waals surface area contributed by atoms with E-state index in [1.807, 2.05) is 5.38 Å². The van der Waals surface area contributed by atoms with Crippen molar-refractivity contribution in [2.45, 2.75) is 6.04 Å². The summed E-state index contributed by atoms with van der Waals surface area (Å²) in [7, 11) is 0. The van der Waals surface area contributed by atoms with Crippen LogP contribution in [0.1, 0.15) is 10.9 Å². The van der Waals surface area contributed by atoms with Crippen LogP contribution < -0.4 is 5.32 Å². The van der Waals surface area contributed by atoms with Gasteiger partial charge in [-0.05, 0) is 27.5 Å². The number of rotatable bonds is 6. The van der Waals surface area contributed by atoms with E-state index in [1.54, 1.807) is 6.07 Å². The molecule has 0 bridgehead atoms. The first kappa shape index (κ1) is 13.0. The second-order valence-electron chi connectivity index (χ2n) is 2.85. The average Bonchev–Trinajstić information content (AvgIpc) is 2.64. The van der Waals surface area contributed by atoms with Crippen LogP contribution in [0, 0.1) is 0 Å². The lowest BCUT2D eigenvalue weighted by molar-refractivity contribution is -0.139. The van der Waals surface area contributed by atoms with Gasteiger partial charge in [-0.25, -0.2) is 0 Å². The van der Waals surface area contributed by atoms with E-state index in [0.29, 0.717) is 11.4 Å². The maximum Gasteiger partial charge on any atom is 0.326 e. The lowest BCUT2D eigenvalue weighted by Gasteiger charge is -2.11. The number of hydrogen-bond acceptors (Lipinski definition) is 4. The predicted molar refractivity (Wildman–Crippen MR) is 64.4 cm³/mol. The first-order chi connectivity index (χ1) is 7.65. The molecule has 0 fully saturated rings. The minimum Gasteiger partial charge on any atom is -0.480 e. The highest BCUT2D eigenvalue weighted by Crippen LogP contribution is 2.25. The van der Waals surface area contributed by atoms with Gasteiger partial charge < -0.3 is 5.11 Å². The van der Waals surface area contributed by atoms with E-state index in [4.69, 9.17) is 10.6 Å². The van der Waals surface area contributed by atoms with Crippen LogP contribution in [0.5, 0.6) is 0 Å². The second-order valence-corrected chi connectivity index (χ2v) is 4.71. The highest BCUT2D eigenvalue weighted by atomic mass is 79.9. The SMILES string of the molecule is [N-]=[N+]=NCCNC(C(=O)O)c1cc(Br)cs1. The molecule has 0 spiro atoms. The number of nitrogens with zero attached hydrogens (tertiary/aromatic N) is 3. The molecule has 1 rings (SSSR count). The van der Waals surface area contributed by atoms with Gasteiger partial charge in [0.05, 0.1) is 0 Å². The molecule has 0 aliphatic heterocycles. The van der Waals surface area contributed by atoms with Crippen molar-refractivity contribution in [1.29, 1.82) is 0 Å². The van der Waals surface area contributed by atoms with E-state index in [0.717, 1.165) is 4.47 Å². The number of hydrogen-bond donors (Lipinski definition) is 2. The third-order valence-electron chi connectivity index (χ3n) is 1.74. The summed E-state index contributed by atoms with van der Waals surface area (Å²) in [5.41, 5.74) is 8.07. The molecule has 0 aliphatic rings. The molecule has 0 saturated heterocycles. The topological polar surface area (TPSA) is 98.1 Å². The molecule has 1 unspecified atom stereocenters. The summed E-state index contributed by atoms with van der Waals surface area (Å²) in [6.45, 7) is 0.559. The summed E-state index contributed by atoms with van der Waals surface area (Å²) < 4.78 is 0.857. The fourth-order valence-corrected chi connectivity index (χ4v) is 2.60. The fraction of sp³-hybridized carbons (Fsp3) is 0.375. The maximum absolute atomic E-state index is 11.0. The molecule has 0 radical (unpaired) electrons. The van der Waals surface area contributed by atoms with Crippen LogP contribution >= 0.6 is 27.3 Å². The number of carboxylic acids is 1. The van der Waals surface area contributed by atoms with Crippen molar-refractivity contribution in [2.75, 3.05) is 13.1 Å². The minimum atomic E-state index is -0.949. The van der Waals surface area contributed by atoms with Crippen molar-refractivity contribution in [3.05, 3.63) is 31.2 Å². The largest absolute Gasteiger partial charge is 0.480 e. The highest BCUT2D eigenvalue weighted by molar-refractivity contribution is 9.10. The number of nitrogens with one attached hydrogen (secondary N) is 1. The van der Waals surface area contributed by atoms with Crippen LogP contribution in [0.15, 0.2) is 21.0 Å². The molecule has 0 aromatic carbocycles. The molecule has 0 aliphatic carbocycles. The maximum atomic E-state index is 11.0. The first-order valence-corrected chi connectivity index (χ1v) is 6.03. The molecular formula is C8H9BrN4O2S. The van der Waals surface area contributed by atoms with Gasteiger partial charge in [-0.15, -0.1) is 11.3 Å². The minimum absolute atomic E-state index is 0.229. The lowest BCUT2D eigenvalue weighted by atomic mass is 10.2. The predicted octanol–water partition coefficient (Wildman–Crippen LogP) is 2.54. The van der Waals surface area contributed by atoms with Gasteiger partial charge in [0, 0.05) is 32.7 Å². The Morgan fingerprint density at radius 1 is 1.81 bits per heavy atom. The van der Waals surface area contributed by atoms with Crippen LogP contribution in [0.2, 0.25) is 0 Å². The van der Waals surface area contributed by atoms with E-state index in [9.17, 15) is 4.79 Å². The molecule has 6 nitrogen and oxygen atoms in total. The summed E-state index contributed by atoms with van der Waals surface area (Å²) in [6.07, 6.45) is 0. The molecule has 16 heavy (non-hydrogen) atoms. The Bertz CT molecular complexity index is 416. The summed E-state index contributed by atoms with van der Waals surface area (Å²) in [5, 5.41) is 17.0. The van der Waals surface area contributed by atoms with Gasteiger partial charge in [-0.2, -0.15) is 0 Å². The fourth-order valence-electron chi connectivity index (χ4n) is 1.09. The lowest BCUT2D eigenvalue weighted by Crippen LogP contribution is -2.29. The second kappa shape index (κ2) is 6.49. The average molecular weight is 305 g/mol. The third-order valence-corrected chi connectivity index (χ3v) is 3.50. The van der Waals surface area contributed by atoms with Gasteiger partial charge in [0.1, 0.15) is 6.04 Å². The highest BCUT2D eigenvalue weighted by Gasteiger charge is 2.20. The van der Waals surface area contributed by atoms with Crippen LogP contribution in [0.4, 0.5) is 0 Å². The molecule has 1 aromatic rings. The van der Waals surface area contributed by atoms with E-state index in [1.165, 1.54) is 11.3 Å². The number of carboxylic acid groups (broad SMARTS) is 1. The van der Waals surface area contributed by atoms with Crippen molar-refractivity contribution >= 4 is 33.2 Å². The van der Waals surface area contributed by atoms with Crippen LogP contribution in [-0.2, 0) is 4.79 Å². The zero-order chi connectivity index (χ0) is 12.0. The Balaban J connectivity index is 2.61. The zero-order valence-corrected chi connectivity index (χ0v) is 10.5.